The van der Waals surface area contributed by atoms with E-state index in [1.165, 1.54) is 18.2 Å². The van der Waals surface area contributed by atoms with Gasteiger partial charge in [0.05, 0.1) is 16.6 Å². The average Bonchev–Trinajstić information content (AvgIpc) is 2.97. The van der Waals surface area contributed by atoms with Gasteiger partial charge in [-0.2, -0.15) is 0 Å². The lowest BCUT2D eigenvalue weighted by Crippen LogP contribution is -2.14. The van der Waals surface area contributed by atoms with Gasteiger partial charge in [0.1, 0.15) is 0 Å². The first-order valence-corrected chi connectivity index (χ1v) is 5.72. The maximum atomic E-state index is 11.5. The SMILES string of the molecule is O=C1NCC/C1=C\c1cc2c(cc1[N+](=O)[O-])OCO2. The maximum Gasteiger partial charge on any atom is 0.280 e. The van der Waals surface area contributed by atoms with Crippen LogP contribution in [0.2, 0.25) is 0 Å². The fourth-order valence-electron chi connectivity index (χ4n) is 2.08. The van der Waals surface area contributed by atoms with Gasteiger partial charge in [-0.15, -0.1) is 0 Å². The van der Waals surface area contributed by atoms with E-state index in [0.29, 0.717) is 35.6 Å². The normalized spacial score (nSPS) is 18.7. The summed E-state index contributed by atoms with van der Waals surface area (Å²) in [4.78, 5) is 22.0. The minimum Gasteiger partial charge on any atom is -0.454 e. The summed E-state index contributed by atoms with van der Waals surface area (Å²) in [5.74, 6) is 0.618. The summed E-state index contributed by atoms with van der Waals surface area (Å²) in [6.07, 6.45) is 2.09. The van der Waals surface area contributed by atoms with Gasteiger partial charge < -0.3 is 14.8 Å². The van der Waals surface area contributed by atoms with Crippen molar-refractivity contribution in [3.8, 4) is 11.5 Å². The molecule has 0 spiro atoms. The first kappa shape index (κ1) is 11.5. The lowest BCUT2D eigenvalue weighted by Gasteiger charge is -2.02. The Balaban J connectivity index is 2.09. The number of nitro benzene ring substituents is 1. The number of hydrogen-bond donors (Lipinski definition) is 1. The minimum absolute atomic E-state index is 0.0486. The number of fused-ring (bicyclic) bond motifs is 1. The molecule has 7 heteroatoms. The van der Waals surface area contributed by atoms with E-state index in [1.807, 2.05) is 0 Å². The van der Waals surface area contributed by atoms with Crippen molar-refractivity contribution in [3.05, 3.63) is 33.4 Å². The van der Waals surface area contributed by atoms with E-state index in [2.05, 4.69) is 5.32 Å². The first-order valence-electron chi connectivity index (χ1n) is 5.72. The highest BCUT2D eigenvalue weighted by Crippen LogP contribution is 2.38. The Bertz CT molecular complexity index is 608. The molecule has 98 valence electrons. The lowest BCUT2D eigenvalue weighted by atomic mass is 10.1. The third kappa shape index (κ3) is 1.99. The average molecular weight is 262 g/mol. The number of nitrogens with one attached hydrogen (secondary N) is 1. The highest BCUT2D eigenvalue weighted by atomic mass is 16.7. The van der Waals surface area contributed by atoms with Gasteiger partial charge in [0.15, 0.2) is 11.5 Å². The molecule has 2 aliphatic heterocycles. The van der Waals surface area contributed by atoms with Crippen LogP contribution < -0.4 is 14.8 Å². The Morgan fingerprint density at radius 1 is 1.32 bits per heavy atom. The molecular weight excluding hydrogens is 252 g/mol. The molecule has 3 rings (SSSR count). The van der Waals surface area contributed by atoms with Crippen LogP contribution in [0.3, 0.4) is 0 Å². The number of nitro groups is 1. The third-order valence-corrected chi connectivity index (χ3v) is 3.02. The second-order valence-electron chi connectivity index (χ2n) is 4.20. The fourth-order valence-corrected chi connectivity index (χ4v) is 2.08. The van der Waals surface area contributed by atoms with Crippen molar-refractivity contribution in [1.29, 1.82) is 0 Å². The lowest BCUT2D eigenvalue weighted by molar-refractivity contribution is -0.385. The van der Waals surface area contributed by atoms with E-state index in [1.54, 1.807) is 0 Å². The summed E-state index contributed by atoms with van der Waals surface area (Å²) < 4.78 is 10.3. The van der Waals surface area contributed by atoms with Crippen molar-refractivity contribution in [2.24, 2.45) is 0 Å². The summed E-state index contributed by atoms with van der Waals surface area (Å²) >= 11 is 0. The quantitative estimate of drug-likeness (QED) is 0.491. The summed E-state index contributed by atoms with van der Waals surface area (Å²) in [5.41, 5.74) is 0.778. The predicted molar refractivity (Wildman–Crippen MR) is 64.8 cm³/mol. The molecule has 7 nitrogen and oxygen atoms in total. The maximum absolute atomic E-state index is 11.5. The zero-order valence-corrected chi connectivity index (χ0v) is 9.84. The van der Waals surface area contributed by atoms with Crippen LogP contribution in [0, 0.1) is 10.1 Å². The molecule has 1 N–H and O–H groups in total. The molecule has 0 unspecified atom stereocenters. The number of carbonyl (C=O) groups excluding carboxylic acids is 1. The molecule has 0 aliphatic carbocycles. The minimum atomic E-state index is -0.499. The largest absolute Gasteiger partial charge is 0.454 e. The van der Waals surface area contributed by atoms with Crippen LogP contribution in [-0.4, -0.2) is 24.2 Å². The predicted octanol–water partition coefficient (Wildman–Crippen LogP) is 1.23. The summed E-state index contributed by atoms with van der Waals surface area (Å²) in [6, 6.07) is 2.85. The van der Waals surface area contributed by atoms with Crippen molar-refractivity contribution >= 4 is 17.7 Å². The number of benzene rings is 1. The van der Waals surface area contributed by atoms with Gasteiger partial charge in [-0.05, 0) is 18.6 Å². The Labute approximate surface area is 108 Å². The highest BCUT2D eigenvalue weighted by molar-refractivity contribution is 6.00. The molecule has 0 radical (unpaired) electrons. The molecule has 1 aromatic carbocycles. The zero-order valence-electron chi connectivity index (χ0n) is 9.84. The molecule has 0 bridgehead atoms. The number of nitrogens with zero attached hydrogens (tertiary/aromatic N) is 1. The number of carbonyl (C=O) groups is 1. The Hall–Kier alpha value is -2.57. The van der Waals surface area contributed by atoms with Crippen LogP contribution in [0.25, 0.3) is 6.08 Å². The van der Waals surface area contributed by atoms with Crippen LogP contribution in [0.15, 0.2) is 17.7 Å². The van der Waals surface area contributed by atoms with Crippen LogP contribution in [0.1, 0.15) is 12.0 Å². The van der Waals surface area contributed by atoms with Gasteiger partial charge in [-0.1, -0.05) is 0 Å². The Morgan fingerprint density at radius 3 is 2.68 bits per heavy atom. The van der Waals surface area contributed by atoms with Crippen molar-refractivity contribution < 1.29 is 19.2 Å². The van der Waals surface area contributed by atoms with E-state index in [0.717, 1.165) is 0 Å². The zero-order chi connectivity index (χ0) is 13.4. The molecule has 0 saturated carbocycles. The summed E-state index contributed by atoms with van der Waals surface area (Å²) in [7, 11) is 0. The van der Waals surface area contributed by atoms with Crippen LogP contribution in [0.5, 0.6) is 11.5 Å². The number of amides is 1. The molecule has 2 aliphatic rings. The molecule has 1 aromatic rings. The van der Waals surface area contributed by atoms with E-state index in [4.69, 9.17) is 9.47 Å². The van der Waals surface area contributed by atoms with E-state index >= 15 is 0 Å². The van der Waals surface area contributed by atoms with E-state index in [9.17, 15) is 14.9 Å². The van der Waals surface area contributed by atoms with Gasteiger partial charge in [-0.3, -0.25) is 14.9 Å². The number of hydrogen-bond acceptors (Lipinski definition) is 5. The molecule has 2 heterocycles. The highest BCUT2D eigenvalue weighted by Gasteiger charge is 2.24. The molecule has 19 heavy (non-hydrogen) atoms. The molecular formula is C12H10N2O5. The van der Waals surface area contributed by atoms with Gasteiger partial charge in [0, 0.05) is 12.1 Å². The molecule has 1 amide bonds. The van der Waals surface area contributed by atoms with Gasteiger partial charge in [-0.25, -0.2) is 0 Å². The monoisotopic (exact) mass is 262 g/mol. The second kappa shape index (κ2) is 4.27. The summed E-state index contributed by atoms with van der Waals surface area (Å²) in [6.45, 7) is 0.607. The van der Waals surface area contributed by atoms with Crippen LogP contribution in [-0.2, 0) is 4.79 Å². The molecule has 0 aromatic heterocycles. The van der Waals surface area contributed by atoms with Crippen molar-refractivity contribution in [2.45, 2.75) is 6.42 Å². The van der Waals surface area contributed by atoms with Crippen molar-refractivity contribution in [2.75, 3.05) is 13.3 Å². The molecule has 0 atom stereocenters. The van der Waals surface area contributed by atoms with Crippen molar-refractivity contribution in [3.63, 3.8) is 0 Å². The van der Waals surface area contributed by atoms with Crippen LogP contribution >= 0.6 is 0 Å². The number of ether oxygens (including phenoxy) is 2. The molecule has 1 saturated heterocycles. The third-order valence-electron chi connectivity index (χ3n) is 3.02. The van der Waals surface area contributed by atoms with Crippen LogP contribution in [0.4, 0.5) is 5.69 Å². The van der Waals surface area contributed by atoms with Crippen molar-refractivity contribution in [1.82, 2.24) is 5.32 Å². The summed E-state index contributed by atoms with van der Waals surface area (Å²) in [5, 5.41) is 13.7. The van der Waals surface area contributed by atoms with E-state index < -0.39 is 4.92 Å². The van der Waals surface area contributed by atoms with E-state index in [-0.39, 0.29) is 18.4 Å². The Morgan fingerprint density at radius 2 is 2.05 bits per heavy atom. The fraction of sp³-hybridized carbons (Fsp3) is 0.250. The van der Waals surface area contributed by atoms with Gasteiger partial charge in [0.25, 0.3) is 5.69 Å². The van der Waals surface area contributed by atoms with Gasteiger partial charge in [0.2, 0.25) is 12.7 Å². The smallest absolute Gasteiger partial charge is 0.280 e. The Kier molecular flexibility index (Phi) is 2.59. The molecule has 1 fully saturated rings. The standard InChI is InChI=1S/C12H10N2O5/c15-12-7(1-2-13-12)3-8-4-10-11(19-6-18-10)5-9(8)14(16)17/h3-5H,1-2,6H2,(H,13,15)/b7-3+. The topological polar surface area (TPSA) is 90.7 Å². The first-order chi connectivity index (χ1) is 9.15. The van der Waals surface area contributed by atoms with Gasteiger partial charge >= 0.3 is 0 Å². The number of rotatable bonds is 2. The second-order valence-corrected chi connectivity index (χ2v) is 4.20.